The molecule has 1 saturated carbocycles. The Kier molecular flexibility index (Phi) is 8.16. The zero-order chi connectivity index (χ0) is 20.5. The van der Waals surface area contributed by atoms with E-state index >= 15 is 0 Å². The van der Waals surface area contributed by atoms with Crippen molar-refractivity contribution in [2.75, 3.05) is 20.7 Å². The molecule has 0 saturated heterocycles. The number of ether oxygens (including phenoxy) is 2. The predicted octanol–water partition coefficient (Wildman–Crippen LogP) is 3.94. The average Bonchev–Trinajstić information content (AvgIpc) is 3.43. The van der Waals surface area contributed by atoms with Crippen LogP contribution in [0.2, 0.25) is 0 Å². The van der Waals surface area contributed by atoms with Crippen LogP contribution in [0.4, 0.5) is 0 Å². The van der Waals surface area contributed by atoms with Crippen LogP contribution in [0.5, 0.6) is 11.5 Å². The van der Waals surface area contributed by atoms with Gasteiger partial charge in [0.05, 0.1) is 18.2 Å². The molecule has 1 aromatic heterocycles. The van der Waals surface area contributed by atoms with Gasteiger partial charge in [-0.2, -0.15) is 0 Å². The molecule has 1 aromatic carbocycles. The van der Waals surface area contributed by atoms with Crippen molar-refractivity contribution in [2.45, 2.75) is 58.1 Å². The maximum atomic E-state index is 6.12. The molecule has 3 rings (SSSR count). The highest BCUT2D eigenvalue weighted by molar-refractivity contribution is 7.11. The highest BCUT2D eigenvalue weighted by atomic mass is 32.1. The van der Waals surface area contributed by atoms with Crippen molar-refractivity contribution < 1.29 is 9.47 Å². The molecule has 6 nitrogen and oxygen atoms in total. The standard InChI is InChI=1S/C22H32N4O2S/c1-4-18-15-25-21(29-18)11-12-24-22(23-2)26-14-16-9-10-19(20(13-16)27-3)28-17-7-5-6-8-17/h9-10,13,15,17H,4-8,11-12,14H2,1-3H3,(H2,23,24,26). The molecule has 0 atom stereocenters. The molecule has 7 heteroatoms. The van der Waals surface area contributed by atoms with Gasteiger partial charge in [-0.15, -0.1) is 11.3 Å². The van der Waals surface area contributed by atoms with E-state index in [1.54, 1.807) is 25.5 Å². The van der Waals surface area contributed by atoms with Crippen LogP contribution in [0.15, 0.2) is 29.4 Å². The first-order chi connectivity index (χ1) is 14.2. The number of guanidine groups is 1. The van der Waals surface area contributed by atoms with Gasteiger partial charge >= 0.3 is 0 Å². The Hall–Kier alpha value is -2.28. The van der Waals surface area contributed by atoms with Gasteiger partial charge in [0.2, 0.25) is 0 Å². The van der Waals surface area contributed by atoms with Crippen LogP contribution in [0.3, 0.4) is 0 Å². The lowest BCUT2D eigenvalue weighted by Crippen LogP contribution is -2.37. The van der Waals surface area contributed by atoms with Crippen molar-refractivity contribution in [1.29, 1.82) is 0 Å². The van der Waals surface area contributed by atoms with Crippen molar-refractivity contribution in [3.63, 3.8) is 0 Å². The number of rotatable bonds is 9. The molecule has 0 spiro atoms. The van der Waals surface area contributed by atoms with E-state index in [1.165, 1.54) is 17.7 Å². The lowest BCUT2D eigenvalue weighted by atomic mass is 10.2. The largest absolute Gasteiger partial charge is 0.493 e. The van der Waals surface area contributed by atoms with Gasteiger partial charge in [-0.1, -0.05) is 13.0 Å². The maximum Gasteiger partial charge on any atom is 0.191 e. The molecule has 158 valence electrons. The molecule has 0 aliphatic heterocycles. The Morgan fingerprint density at radius 3 is 2.76 bits per heavy atom. The molecule has 0 unspecified atom stereocenters. The SMILES string of the molecule is CCc1cnc(CCNC(=NC)NCc2ccc(OC3CCCC3)c(OC)c2)s1. The van der Waals surface area contributed by atoms with E-state index in [-0.39, 0.29) is 0 Å². The number of thiazole rings is 1. The summed E-state index contributed by atoms with van der Waals surface area (Å²) in [5.74, 6) is 2.40. The number of hydrogen-bond donors (Lipinski definition) is 2. The van der Waals surface area contributed by atoms with Gasteiger partial charge < -0.3 is 20.1 Å². The number of nitrogens with zero attached hydrogens (tertiary/aromatic N) is 2. The lowest BCUT2D eigenvalue weighted by molar-refractivity contribution is 0.200. The molecule has 0 amide bonds. The first kappa shape index (κ1) is 21.4. The van der Waals surface area contributed by atoms with Gasteiger partial charge in [-0.05, 0) is 49.8 Å². The molecule has 0 bridgehead atoms. The summed E-state index contributed by atoms with van der Waals surface area (Å²) in [6, 6.07) is 6.12. The zero-order valence-corrected chi connectivity index (χ0v) is 18.5. The molecule has 2 aromatic rings. The number of methoxy groups -OCH3 is 1. The molecule has 1 heterocycles. The summed E-state index contributed by atoms with van der Waals surface area (Å²) < 4.78 is 11.7. The third kappa shape index (κ3) is 6.35. The van der Waals surface area contributed by atoms with Crippen molar-refractivity contribution >= 4 is 17.3 Å². The molecule has 1 aliphatic rings. The summed E-state index contributed by atoms with van der Waals surface area (Å²) in [6.45, 7) is 3.62. The number of nitrogens with one attached hydrogen (secondary N) is 2. The molecule has 2 N–H and O–H groups in total. The minimum absolute atomic E-state index is 0.321. The van der Waals surface area contributed by atoms with E-state index in [0.717, 1.165) is 60.3 Å². The molecule has 0 radical (unpaired) electrons. The Morgan fingerprint density at radius 2 is 2.07 bits per heavy atom. The van der Waals surface area contributed by atoms with Crippen molar-refractivity contribution in [2.24, 2.45) is 4.99 Å². The summed E-state index contributed by atoms with van der Waals surface area (Å²) >= 11 is 1.78. The number of hydrogen-bond acceptors (Lipinski definition) is 5. The number of aliphatic imine (C=N–C) groups is 1. The van der Waals surface area contributed by atoms with Crippen LogP contribution in [0.1, 0.15) is 48.1 Å². The second kappa shape index (κ2) is 11.0. The topological polar surface area (TPSA) is 67.8 Å². The summed E-state index contributed by atoms with van der Waals surface area (Å²) in [7, 11) is 3.48. The fourth-order valence-corrected chi connectivity index (χ4v) is 4.29. The van der Waals surface area contributed by atoms with E-state index in [4.69, 9.17) is 9.47 Å². The third-order valence-corrected chi connectivity index (χ3v) is 6.29. The zero-order valence-electron chi connectivity index (χ0n) is 17.7. The van der Waals surface area contributed by atoms with Gasteiger partial charge in [0.1, 0.15) is 0 Å². The summed E-state index contributed by atoms with van der Waals surface area (Å²) in [5, 5.41) is 7.87. The van der Waals surface area contributed by atoms with Gasteiger partial charge in [-0.25, -0.2) is 4.98 Å². The Morgan fingerprint density at radius 1 is 1.24 bits per heavy atom. The molecule has 1 fully saturated rings. The summed E-state index contributed by atoms with van der Waals surface area (Å²) in [4.78, 5) is 10.1. The first-order valence-electron chi connectivity index (χ1n) is 10.4. The third-order valence-electron chi connectivity index (χ3n) is 5.09. The van der Waals surface area contributed by atoms with Gasteiger partial charge in [-0.3, -0.25) is 4.99 Å². The highest BCUT2D eigenvalue weighted by Crippen LogP contribution is 2.32. The monoisotopic (exact) mass is 416 g/mol. The van der Waals surface area contributed by atoms with Gasteiger partial charge in [0.15, 0.2) is 17.5 Å². The van der Waals surface area contributed by atoms with Gasteiger partial charge in [0, 0.05) is 37.6 Å². The predicted molar refractivity (Wildman–Crippen MR) is 119 cm³/mol. The van der Waals surface area contributed by atoms with E-state index in [9.17, 15) is 0 Å². The normalized spacial score (nSPS) is 14.8. The average molecular weight is 417 g/mol. The Bertz CT molecular complexity index is 800. The maximum absolute atomic E-state index is 6.12. The van der Waals surface area contributed by atoms with Crippen LogP contribution in [-0.2, 0) is 19.4 Å². The van der Waals surface area contributed by atoms with E-state index in [2.05, 4.69) is 33.6 Å². The Labute approximate surface area is 177 Å². The summed E-state index contributed by atoms with van der Waals surface area (Å²) in [5.41, 5.74) is 1.12. The quantitative estimate of drug-likeness (QED) is 0.479. The molecule has 29 heavy (non-hydrogen) atoms. The fraction of sp³-hybridized carbons (Fsp3) is 0.545. The molecule has 1 aliphatic carbocycles. The van der Waals surface area contributed by atoms with Crippen molar-refractivity contribution in [3.05, 3.63) is 39.8 Å². The van der Waals surface area contributed by atoms with Crippen LogP contribution in [0.25, 0.3) is 0 Å². The number of benzene rings is 1. The smallest absolute Gasteiger partial charge is 0.191 e. The minimum Gasteiger partial charge on any atom is -0.493 e. The highest BCUT2D eigenvalue weighted by Gasteiger charge is 2.18. The second-order valence-electron chi connectivity index (χ2n) is 7.19. The molecular formula is C22H32N4O2S. The van der Waals surface area contributed by atoms with Crippen LogP contribution < -0.4 is 20.1 Å². The van der Waals surface area contributed by atoms with Gasteiger partial charge in [0.25, 0.3) is 0 Å². The summed E-state index contributed by atoms with van der Waals surface area (Å²) in [6.07, 6.45) is 9.01. The van der Waals surface area contributed by atoms with Crippen molar-refractivity contribution in [3.8, 4) is 11.5 Å². The lowest BCUT2D eigenvalue weighted by Gasteiger charge is -2.17. The number of aryl methyl sites for hydroxylation is 1. The van der Waals surface area contributed by atoms with E-state index in [0.29, 0.717) is 12.6 Å². The first-order valence-corrected chi connectivity index (χ1v) is 11.2. The van der Waals surface area contributed by atoms with Crippen LogP contribution >= 0.6 is 11.3 Å². The van der Waals surface area contributed by atoms with E-state index in [1.807, 2.05) is 18.3 Å². The fourth-order valence-electron chi connectivity index (χ4n) is 3.43. The minimum atomic E-state index is 0.321. The number of aromatic nitrogens is 1. The second-order valence-corrected chi connectivity index (χ2v) is 8.39. The van der Waals surface area contributed by atoms with Crippen LogP contribution in [0, 0.1) is 0 Å². The Balaban J connectivity index is 1.48. The molecular weight excluding hydrogens is 384 g/mol. The van der Waals surface area contributed by atoms with Crippen LogP contribution in [-0.4, -0.2) is 37.7 Å². The van der Waals surface area contributed by atoms with E-state index < -0.39 is 0 Å². The van der Waals surface area contributed by atoms with Crippen molar-refractivity contribution in [1.82, 2.24) is 15.6 Å².